The molecule has 0 bridgehead atoms. The molecule has 2 heterocycles. The van der Waals surface area contributed by atoms with Gasteiger partial charge < -0.3 is 5.32 Å². The molecule has 2 aromatic heterocycles. The maximum absolute atomic E-state index is 4.40. The largest absolute Gasteiger partial charge is 0.314 e. The van der Waals surface area contributed by atoms with Crippen molar-refractivity contribution < 1.29 is 0 Å². The van der Waals surface area contributed by atoms with E-state index >= 15 is 0 Å². The number of thiazole rings is 1. The van der Waals surface area contributed by atoms with Crippen molar-refractivity contribution in [2.45, 2.75) is 6.54 Å². The molecule has 14 heavy (non-hydrogen) atoms. The van der Waals surface area contributed by atoms with Crippen molar-refractivity contribution in [2.24, 2.45) is 0 Å². The van der Waals surface area contributed by atoms with Crippen LogP contribution in [-0.4, -0.2) is 22.0 Å². The van der Waals surface area contributed by atoms with Crippen LogP contribution in [0.3, 0.4) is 0 Å². The standard InChI is InChI=1S/C9H10N4S/c1-10-4-7-2-3-12-9(13-7)8-5-11-6-14-8/h2-3,5-6,10H,4H2,1H3. The van der Waals surface area contributed by atoms with Crippen LogP contribution < -0.4 is 5.32 Å². The molecule has 0 amide bonds. The normalized spacial score (nSPS) is 10.4. The molecular weight excluding hydrogens is 196 g/mol. The fraction of sp³-hybridized carbons (Fsp3) is 0.222. The van der Waals surface area contributed by atoms with Gasteiger partial charge in [0.15, 0.2) is 5.82 Å². The van der Waals surface area contributed by atoms with Crippen molar-refractivity contribution in [2.75, 3.05) is 7.05 Å². The second-order valence-electron chi connectivity index (χ2n) is 2.77. The van der Waals surface area contributed by atoms with Gasteiger partial charge in [-0.2, -0.15) is 0 Å². The molecule has 0 saturated carbocycles. The number of hydrogen-bond donors (Lipinski definition) is 1. The fourth-order valence-electron chi connectivity index (χ4n) is 1.12. The third kappa shape index (κ3) is 1.94. The van der Waals surface area contributed by atoms with Crippen LogP contribution in [0.5, 0.6) is 0 Å². The van der Waals surface area contributed by atoms with E-state index in [1.54, 1.807) is 29.2 Å². The zero-order valence-electron chi connectivity index (χ0n) is 7.77. The van der Waals surface area contributed by atoms with Crippen LogP contribution in [0.25, 0.3) is 10.7 Å². The molecule has 2 aromatic rings. The molecule has 0 aliphatic carbocycles. The van der Waals surface area contributed by atoms with Crippen LogP contribution >= 0.6 is 11.3 Å². The quantitative estimate of drug-likeness (QED) is 0.823. The molecule has 5 heteroatoms. The third-order valence-corrected chi connectivity index (χ3v) is 2.49. The summed E-state index contributed by atoms with van der Waals surface area (Å²) in [5, 5.41) is 3.05. The lowest BCUT2D eigenvalue weighted by atomic mass is 10.4. The average Bonchev–Trinajstić information content (AvgIpc) is 2.71. The van der Waals surface area contributed by atoms with Gasteiger partial charge in [0, 0.05) is 18.9 Å². The molecule has 72 valence electrons. The van der Waals surface area contributed by atoms with Gasteiger partial charge in [-0.1, -0.05) is 0 Å². The van der Waals surface area contributed by atoms with Crippen molar-refractivity contribution >= 4 is 11.3 Å². The Morgan fingerprint density at radius 3 is 3.14 bits per heavy atom. The van der Waals surface area contributed by atoms with Crippen molar-refractivity contribution in [1.29, 1.82) is 0 Å². The Labute approximate surface area is 86.1 Å². The minimum Gasteiger partial charge on any atom is -0.314 e. The molecule has 0 atom stereocenters. The van der Waals surface area contributed by atoms with Gasteiger partial charge in [-0.3, -0.25) is 4.98 Å². The van der Waals surface area contributed by atoms with Crippen LogP contribution in [-0.2, 0) is 6.54 Å². The van der Waals surface area contributed by atoms with Crippen molar-refractivity contribution in [3.63, 3.8) is 0 Å². The molecule has 4 nitrogen and oxygen atoms in total. The van der Waals surface area contributed by atoms with Gasteiger partial charge >= 0.3 is 0 Å². The minimum atomic E-state index is 0.750. The van der Waals surface area contributed by atoms with E-state index in [0.717, 1.165) is 22.9 Å². The highest BCUT2D eigenvalue weighted by Crippen LogP contribution is 2.18. The van der Waals surface area contributed by atoms with Gasteiger partial charge in [0.2, 0.25) is 0 Å². The van der Waals surface area contributed by atoms with Crippen LogP contribution in [0.4, 0.5) is 0 Å². The first-order valence-corrected chi connectivity index (χ1v) is 5.13. The summed E-state index contributed by atoms with van der Waals surface area (Å²) >= 11 is 1.55. The highest BCUT2D eigenvalue weighted by molar-refractivity contribution is 7.13. The Hall–Kier alpha value is -1.33. The van der Waals surface area contributed by atoms with Crippen molar-refractivity contribution in [1.82, 2.24) is 20.3 Å². The Bertz CT molecular complexity index is 399. The third-order valence-electron chi connectivity index (χ3n) is 1.72. The van der Waals surface area contributed by atoms with Gasteiger partial charge in [-0.15, -0.1) is 11.3 Å². The molecule has 0 aliphatic heterocycles. The number of hydrogen-bond acceptors (Lipinski definition) is 5. The number of nitrogens with one attached hydrogen (secondary N) is 1. The first-order chi connectivity index (χ1) is 6.90. The summed E-state index contributed by atoms with van der Waals surface area (Å²) in [6.45, 7) is 0.758. The number of nitrogens with zero attached hydrogens (tertiary/aromatic N) is 3. The van der Waals surface area contributed by atoms with Crippen LogP contribution in [0, 0.1) is 0 Å². The van der Waals surface area contributed by atoms with Crippen LogP contribution in [0.2, 0.25) is 0 Å². The van der Waals surface area contributed by atoms with Gasteiger partial charge in [0.05, 0.1) is 16.1 Å². The first-order valence-electron chi connectivity index (χ1n) is 4.25. The summed E-state index contributed by atoms with van der Waals surface area (Å²) < 4.78 is 0. The predicted molar refractivity (Wildman–Crippen MR) is 55.9 cm³/mol. The molecule has 0 aliphatic rings. The lowest BCUT2D eigenvalue weighted by Gasteiger charge is -2.00. The highest BCUT2D eigenvalue weighted by Gasteiger charge is 2.03. The summed E-state index contributed by atoms with van der Waals surface area (Å²) in [4.78, 5) is 13.6. The Morgan fingerprint density at radius 1 is 1.50 bits per heavy atom. The topological polar surface area (TPSA) is 50.7 Å². The maximum atomic E-state index is 4.40. The Kier molecular flexibility index (Phi) is 2.81. The monoisotopic (exact) mass is 206 g/mol. The lowest BCUT2D eigenvalue weighted by Crippen LogP contribution is -2.07. The fourth-order valence-corrected chi connectivity index (χ4v) is 1.68. The van der Waals surface area contributed by atoms with E-state index in [9.17, 15) is 0 Å². The first kappa shape index (κ1) is 9.23. The maximum Gasteiger partial charge on any atom is 0.171 e. The molecule has 0 aromatic carbocycles. The van der Waals surface area contributed by atoms with E-state index in [4.69, 9.17) is 0 Å². The molecule has 0 spiro atoms. The van der Waals surface area contributed by atoms with Gasteiger partial charge in [-0.05, 0) is 13.1 Å². The van der Waals surface area contributed by atoms with E-state index in [-0.39, 0.29) is 0 Å². The molecule has 0 radical (unpaired) electrons. The average molecular weight is 206 g/mol. The zero-order valence-corrected chi connectivity index (χ0v) is 8.58. The van der Waals surface area contributed by atoms with Crippen LogP contribution in [0.1, 0.15) is 5.69 Å². The van der Waals surface area contributed by atoms with E-state index in [0.29, 0.717) is 0 Å². The van der Waals surface area contributed by atoms with E-state index in [1.165, 1.54) is 0 Å². The van der Waals surface area contributed by atoms with Crippen molar-refractivity contribution in [3.05, 3.63) is 29.7 Å². The predicted octanol–water partition coefficient (Wildman–Crippen LogP) is 1.32. The van der Waals surface area contributed by atoms with E-state index in [1.807, 2.05) is 13.1 Å². The highest BCUT2D eigenvalue weighted by atomic mass is 32.1. The Morgan fingerprint density at radius 2 is 2.43 bits per heavy atom. The summed E-state index contributed by atoms with van der Waals surface area (Å²) in [6, 6.07) is 1.90. The molecule has 0 fully saturated rings. The minimum absolute atomic E-state index is 0.750. The van der Waals surface area contributed by atoms with E-state index in [2.05, 4.69) is 20.3 Å². The number of rotatable bonds is 3. The number of aromatic nitrogens is 3. The molecule has 0 saturated heterocycles. The summed E-state index contributed by atoms with van der Waals surface area (Å²) in [5.74, 6) is 0.750. The summed E-state index contributed by atoms with van der Waals surface area (Å²) in [7, 11) is 1.90. The van der Waals surface area contributed by atoms with E-state index < -0.39 is 0 Å². The van der Waals surface area contributed by atoms with Crippen molar-refractivity contribution in [3.8, 4) is 10.7 Å². The lowest BCUT2D eigenvalue weighted by molar-refractivity contribution is 0.788. The SMILES string of the molecule is CNCc1ccnc(-c2cncs2)n1. The molecule has 2 rings (SSSR count). The smallest absolute Gasteiger partial charge is 0.171 e. The summed E-state index contributed by atoms with van der Waals surface area (Å²) in [6.07, 6.45) is 3.55. The Balaban J connectivity index is 2.31. The van der Waals surface area contributed by atoms with Crippen LogP contribution in [0.15, 0.2) is 24.0 Å². The summed E-state index contributed by atoms with van der Waals surface area (Å²) in [5.41, 5.74) is 2.77. The second-order valence-corrected chi connectivity index (χ2v) is 3.65. The zero-order chi connectivity index (χ0) is 9.80. The molecular formula is C9H10N4S. The molecule has 0 unspecified atom stereocenters. The van der Waals surface area contributed by atoms with Gasteiger partial charge in [0.25, 0.3) is 0 Å². The second kappa shape index (κ2) is 4.26. The van der Waals surface area contributed by atoms with Gasteiger partial charge in [-0.25, -0.2) is 9.97 Å². The van der Waals surface area contributed by atoms with Gasteiger partial charge in [0.1, 0.15) is 0 Å². The molecule has 1 N–H and O–H groups in total.